The van der Waals surface area contributed by atoms with Crippen LogP contribution in [0.2, 0.25) is 0 Å². The van der Waals surface area contributed by atoms with Gasteiger partial charge in [-0.3, -0.25) is 9.52 Å². The highest BCUT2D eigenvalue weighted by molar-refractivity contribution is 7.92. The summed E-state index contributed by atoms with van der Waals surface area (Å²) < 4.78 is 34.5. The number of hydrogen-bond donors (Lipinski definition) is 1. The number of sulfonamides is 1. The summed E-state index contributed by atoms with van der Waals surface area (Å²) in [6.07, 6.45) is 2.62. The van der Waals surface area contributed by atoms with Crippen molar-refractivity contribution in [2.45, 2.75) is 44.9 Å². The second-order valence-corrected chi connectivity index (χ2v) is 9.62. The topological polar surface area (TPSA) is 105 Å². The van der Waals surface area contributed by atoms with Gasteiger partial charge in [0.2, 0.25) is 5.82 Å². The van der Waals surface area contributed by atoms with Gasteiger partial charge in [-0.05, 0) is 55.9 Å². The van der Waals surface area contributed by atoms with Crippen LogP contribution in [0.4, 0.5) is 5.69 Å². The number of hydrogen-bond acceptors (Lipinski definition) is 6. The van der Waals surface area contributed by atoms with Gasteiger partial charge in [-0.1, -0.05) is 42.4 Å². The molecule has 1 aromatic heterocycles. The minimum Gasteiger partial charge on any atom is -0.334 e. The van der Waals surface area contributed by atoms with E-state index in [4.69, 9.17) is 4.52 Å². The van der Waals surface area contributed by atoms with Crippen molar-refractivity contribution in [1.29, 1.82) is 0 Å². The monoisotopic (exact) mass is 454 g/mol. The molecule has 0 saturated carbocycles. The van der Waals surface area contributed by atoms with Gasteiger partial charge in [0.15, 0.2) is 0 Å². The molecule has 1 amide bonds. The van der Waals surface area contributed by atoms with Crippen LogP contribution < -0.4 is 4.72 Å². The van der Waals surface area contributed by atoms with Crippen molar-refractivity contribution in [2.75, 3.05) is 17.8 Å². The summed E-state index contributed by atoms with van der Waals surface area (Å²) in [6.45, 7) is 6.94. The minimum absolute atomic E-state index is 0.0856. The molecule has 2 heterocycles. The van der Waals surface area contributed by atoms with Crippen LogP contribution in [0.25, 0.3) is 11.4 Å². The van der Waals surface area contributed by atoms with E-state index in [1.165, 1.54) is 6.07 Å². The van der Waals surface area contributed by atoms with Crippen molar-refractivity contribution >= 4 is 21.6 Å². The van der Waals surface area contributed by atoms with Gasteiger partial charge < -0.3 is 9.42 Å². The molecule has 32 heavy (non-hydrogen) atoms. The van der Waals surface area contributed by atoms with Gasteiger partial charge in [-0.2, -0.15) is 4.98 Å². The first-order chi connectivity index (χ1) is 15.3. The van der Waals surface area contributed by atoms with Gasteiger partial charge >= 0.3 is 11.8 Å². The molecule has 0 bridgehead atoms. The number of nitrogens with one attached hydrogen (secondary N) is 1. The molecule has 1 fully saturated rings. The average Bonchev–Trinajstić information content (AvgIpc) is 3.47. The Morgan fingerprint density at radius 3 is 2.59 bits per heavy atom. The molecule has 1 aliphatic heterocycles. The molecule has 0 spiro atoms. The summed E-state index contributed by atoms with van der Waals surface area (Å²) in [6, 6.07) is 10.6. The van der Waals surface area contributed by atoms with Crippen molar-refractivity contribution in [3.05, 3.63) is 59.0 Å². The quantitative estimate of drug-likeness (QED) is 0.605. The zero-order chi connectivity index (χ0) is 22.9. The number of anilines is 1. The molecular formula is C23H26N4O4S. The molecule has 1 saturated heterocycles. The fraction of sp³-hybridized carbons (Fsp3) is 0.348. The highest BCUT2D eigenvalue weighted by atomic mass is 32.2. The summed E-state index contributed by atoms with van der Waals surface area (Å²) in [5.41, 5.74) is 3.42. The van der Waals surface area contributed by atoms with Crippen LogP contribution in [0.1, 0.15) is 47.1 Å². The summed E-state index contributed by atoms with van der Waals surface area (Å²) >= 11 is 0. The average molecular weight is 455 g/mol. The Kier molecular flexibility index (Phi) is 6.01. The molecule has 2 aromatic carbocycles. The van der Waals surface area contributed by atoms with E-state index in [-0.39, 0.29) is 22.5 Å². The molecule has 168 valence electrons. The predicted octanol–water partition coefficient (Wildman–Crippen LogP) is 3.95. The van der Waals surface area contributed by atoms with Gasteiger partial charge in [0, 0.05) is 18.7 Å². The van der Waals surface area contributed by atoms with E-state index in [1.54, 1.807) is 24.0 Å². The normalized spacial score (nSPS) is 14.0. The lowest BCUT2D eigenvalue weighted by Gasteiger charge is -2.16. The number of para-hydroxylation sites is 1. The molecule has 8 nitrogen and oxygen atoms in total. The maximum Gasteiger partial charge on any atom is 0.316 e. The Labute approximate surface area is 187 Å². The number of aromatic nitrogens is 2. The van der Waals surface area contributed by atoms with Gasteiger partial charge in [-0.25, -0.2) is 8.42 Å². The third kappa shape index (κ3) is 4.25. The van der Waals surface area contributed by atoms with Crippen LogP contribution in [0.15, 0.2) is 45.8 Å². The number of likely N-dealkylation sites (tertiary alicyclic amines) is 1. The molecular weight excluding hydrogens is 428 g/mol. The minimum atomic E-state index is -3.86. The SMILES string of the molecule is CCc1cccc(C)c1NS(=O)(=O)c1cc(-c2noc(C(=O)N3CCCC3)n2)ccc1C. The first kappa shape index (κ1) is 22.0. The van der Waals surface area contributed by atoms with Crippen LogP contribution >= 0.6 is 0 Å². The summed E-state index contributed by atoms with van der Waals surface area (Å²) in [4.78, 5) is 18.5. The standard InChI is InChI=1S/C23H26N4O4S/c1-4-17-9-7-8-16(3)20(17)26-32(29,30)19-14-18(11-10-15(19)2)21-24-22(31-25-21)23(28)27-12-5-6-13-27/h7-11,14,26H,4-6,12-13H2,1-3H3. The van der Waals surface area contributed by atoms with Crippen LogP contribution in [-0.4, -0.2) is 42.5 Å². The summed E-state index contributed by atoms with van der Waals surface area (Å²) in [7, 11) is -3.86. The second kappa shape index (κ2) is 8.74. The number of carbonyl (C=O) groups is 1. The molecule has 9 heteroatoms. The fourth-order valence-corrected chi connectivity index (χ4v) is 5.32. The van der Waals surface area contributed by atoms with Gasteiger partial charge in [-0.15, -0.1) is 0 Å². The molecule has 0 atom stereocenters. The van der Waals surface area contributed by atoms with Crippen LogP contribution in [0, 0.1) is 13.8 Å². The highest BCUT2D eigenvalue weighted by Crippen LogP contribution is 2.28. The van der Waals surface area contributed by atoms with Crippen LogP contribution in [0.5, 0.6) is 0 Å². The number of carbonyl (C=O) groups excluding carboxylic acids is 1. The lowest BCUT2D eigenvalue weighted by Crippen LogP contribution is -2.27. The van der Waals surface area contributed by atoms with E-state index >= 15 is 0 Å². The maximum atomic E-state index is 13.3. The maximum absolute atomic E-state index is 13.3. The lowest BCUT2D eigenvalue weighted by molar-refractivity contribution is 0.0743. The van der Waals surface area contributed by atoms with Crippen molar-refractivity contribution in [3.63, 3.8) is 0 Å². The van der Waals surface area contributed by atoms with Crippen LogP contribution in [0.3, 0.4) is 0 Å². The van der Waals surface area contributed by atoms with E-state index in [1.807, 2.05) is 32.0 Å². The lowest BCUT2D eigenvalue weighted by atomic mass is 10.1. The third-order valence-corrected chi connectivity index (χ3v) is 7.21. The van der Waals surface area contributed by atoms with E-state index in [9.17, 15) is 13.2 Å². The largest absolute Gasteiger partial charge is 0.334 e. The summed E-state index contributed by atoms with van der Waals surface area (Å²) in [5.74, 6) is -0.207. The smallest absolute Gasteiger partial charge is 0.316 e. The Balaban J connectivity index is 1.65. The molecule has 1 N–H and O–H groups in total. The van der Waals surface area contributed by atoms with Crippen molar-refractivity contribution < 1.29 is 17.7 Å². The first-order valence-corrected chi connectivity index (χ1v) is 12.1. The fourth-order valence-electron chi connectivity index (χ4n) is 3.87. The van der Waals surface area contributed by atoms with Crippen molar-refractivity contribution in [3.8, 4) is 11.4 Å². The highest BCUT2D eigenvalue weighted by Gasteiger charge is 2.26. The molecule has 0 radical (unpaired) electrons. The molecule has 3 aromatic rings. The Bertz CT molecular complexity index is 1260. The zero-order valence-corrected chi connectivity index (χ0v) is 19.2. The number of aryl methyl sites for hydroxylation is 3. The van der Waals surface area contributed by atoms with Gasteiger partial charge in [0.1, 0.15) is 0 Å². The molecule has 1 aliphatic rings. The van der Waals surface area contributed by atoms with Crippen LogP contribution in [-0.2, 0) is 16.4 Å². The van der Waals surface area contributed by atoms with E-state index < -0.39 is 10.0 Å². The first-order valence-electron chi connectivity index (χ1n) is 10.7. The Morgan fingerprint density at radius 2 is 1.88 bits per heavy atom. The zero-order valence-electron chi connectivity index (χ0n) is 18.4. The number of rotatable bonds is 6. The van der Waals surface area contributed by atoms with Crippen molar-refractivity contribution in [1.82, 2.24) is 15.0 Å². The van der Waals surface area contributed by atoms with Gasteiger partial charge in [0.05, 0.1) is 10.6 Å². The number of nitrogens with zero attached hydrogens (tertiary/aromatic N) is 3. The number of benzene rings is 2. The third-order valence-electron chi connectivity index (χ3n) is 5.71. The van der Waals surface area contributed by atoms with Gasteiger partial charge in [0.25, 0.3) is 10.0 Å². The number of amides is 1. The molecule has 0 unspecified atom stereocenters. The van der Waals surface area contributed by atoms with E-state index in [0.29, 0.717) is 36.3 Å². The van der Waals surface area contributed by atoms with E-state index in [0.717, 1.165) is 24.0 Å². The summed E-state index contributed by atoms with van der Waals surface area (Å²) in [5, 5.41) is 3.91. The Morgan fingerprint density at radius 1 is 1.12 bits per heavy atom. The predicted molar refractivity (Wildman–Crippen MR) is 121 cm³/mol. The van der Waals surface area contributed by atoms with E-state index in [2.05, 4.69) is 14.9 Å². The molecule has 0 aliphatic carbocycles. The second-order valence-electron chi connectivity index (χ2n) is 7.97. The Hall–Kier alpha value is -3.20. The molecule has 4 rings (SSSR count). The van der Waals surface area contributed by atoms with Crippen molar-refractivity contribution in [2.24, 2.45) is 0 Å².